The van der Waals surface area contributed by atoms with Gasteiger partial charge in [-0.2, -0.15) is 5.10 Å². The SMILES string of the molecule is COCCCN1C(=O)c2[nH]nc(-c3ccccc3O)c2[C@H]1c1cccc(OC)c1. The van der Waals surface area contributed by atoms with Gasteiger partial charge in [-0.15, -0.1) is 0 Å². The number of H-pyrrole nitrogens is 1. The summed E-state index contributed by atoms with van der Waals surface area (Å²) in [5.41, 5.74) is 3.31. The average Bonchev–Trinajstić information content (AvgIpc) is 3.28. The summed E-state index contributed by atoms with van der Waals surface area (Å²) in [6.45, 7) is 1.10. The molecule has 0 unspecified atom stereocenters. The molecule has 0 radical (unpaired) electrons. The number of phenolic OH excluding ortho intramolecular Hbond substituents is 1. The van der Waals surface area contributed by atoms with Crippen LogP contribution in [-0.4, -0.2) is 53.5 Å². The molecule has 2 N–H and O–H groups in total. The summed E-state index contributed by atoms with van der Waals surface area (Å²) in [5.74, 6) is 0.724. The smallest absolute Gasteiger partial charge is 0.273 e. The Labute approximate surface area is 168 Å². The number of carbonyl (C=O) groups excluding carboxylic acids is 1. The van der Waals surface area contributed by atoms with Crippen molar-refractivity contribution in [1.29, 1.82) is 0 Å². The summed E-state index contributed by atoms with van der Waals surface area (Å²) in [4.78, 5) is 15.0. The number of para-hydroxylation sites is 1. The first-order chi connectivity index (χ1) is 14.2. The molecule has 0 saturated heterocycles. The molecule has 1 amide bonds. The third kappa shape index (κ3) is 3.34. The number of fused-ring (bicyclic) bond motifs is 1. The Bertz CT molecular complexity index is 1030. The molecule has 1 atom stereocenters. The number of nitrogens with zero attached hydrogens (tertiary/aromatic N) is 2. The number of aromatic hydroxyl groups is 1. The van der Waals surface area contributed by atoms with E-state index < -0.39 is 0 Å². The van der Waals surface area contributed by atoms with E-state index in [0.29, 0.717) is 42.3 Å². The van der Waals surface area contributed by atoms with Crippen molar-refractivity contribution in [2.75, 3.05) is 27.4 Å². The molecule has 0 spiro atoms. The van der Waals surface area contributed by atoms with Crippen molar-refractivity contribution < 1.29 is 19.4 Å². The van der Waals surface area contributed by atoms with Gasteiger partial charge in [0.1, 0.15) is 22.9 Å². The Balaban J connectivity index is 1.85. The lowest BCUT2D eigenvalue weighted by Gasteiger charge is -2.26. The topological polar surface area (TPSA) is 87.7 Å². The van der Waals surface area contributed by atoms with Crippen LogP contribution in [0.1, 0.15) is 34.1 Å². The van der Waals surface area contributed by atoms with Crippen LogP contribution >= 0.6 is 0 Å². The first kappa shape index (κ1) is 19.0. The fourth-order valence-corrected chi connectivity index (χ4v) is 3.84. The molecular formula is C22H23N3O4. The monoisotopic (exact) mass is 393 g/mol. The van der Waals surface area contributed by atoms with Crippen LogP contribution in [-0.2, 0) is 4.74 Å². The molecule has 3 aromatic rings. The van der Waals surface area contributed by atoms with E-state index in [0.717, 1.165) is 11.1 Å². The van der Waals surface area contributed by atoms with E-state index in [-0.39, 0.29) is 17.7 Å². The minimum atomic E-state index is -0.335. The summed E-state index contributed by atoms with van der Waals surface area (Å²) in [7, 11) is 3.26. The lowest BCUT2D eigenvalue weighted by Crippen LogP contribution is -2.31. The zero-order valence-electron chi connectivity index (χ0n) is 16.4. The number of hydrogen-bond donors (Lipinski definition) is 2. The molecule has 7 nitrogen and oxygen atoms in total. The molecular weight excluding hydrogens is 370 g/mol. The fraction of sp³-hybridized carbons (Fsp3) is 0.273. The number of amides is 1. The molecule has 150 valence electrons. The van der Waals surface area contributed by atoms with Crippen molar-refractivity contribution in [3.63, 3.8) is 0 Å². The number of carbonyl (C=O) groups is 1. The van der Waals surface area contributed by atoms with Crippen molar-refractivity contribution in [1.82, 2.24) is 15.1 Å². The Morgan fingerprint density at radius 1 is 1.17 bits per heavy atom. The van der Waals surface area contributed by atoms with Gasteiger partial charge < -0.3 is 19.5 Å². The second-order valence-electron chi connectivity index (χ2n) is 6.90. The maximum absolute atomic E-state index is 13.2. The first-order valence-corrected chi connectivity index (χ1v) is 9.46. The number of phenols is 1. The summed E-state index contributed by atoms with van der Waals surface area (Å²) in [6.07, 6.45) is 0.715. The minimum absolute atomic E-state index is 0.113. The zero-order valence-corrected chi connectivity index (χ0v) is 16.4. The van der Waals surface area contributed by atoms with E-state index in [2.05, 4.69) is 10.2 Å². The number of rotatable bonds is 7. The van der Waals surface area contributed by atoms with Crippen molar-refractivity contribution >= 4 is 5.91 Å². The summed E-state index contributed by atoms with van der Waals surface area (Å²) >= 11 is 0. The highest BCUT2D eigenvalue weighted by atomic mass is 16.5. The normalized spacial score (nSPS) is 15.6. The predicted octanol–water partition coefficient (Wildman–Crippen LogP) is 3.37. The second kappa shape index (κ2) is 7.97. The Hall–Kier alpha value is -3.32. The molecule has 2 heterocycles. The van der Waals surface area contributed by atoms with Crippen LogP contribution < -0.4 is 4.74 Å². The molecule has 1 aliphatic heterocycles. The molecule has 0 bridgehead atoms. The van der Waals surface area contributed by atoms with Gasteiger partial charge in [0, 0.05) is 31.4 Å². The van der Waals surface area contributed by atoms with Gasteiger partial charge in [-0.05, 0) is 36.2 Å². The van der Waals surface area contributed by atoms with Gasteiger partial charge in [0.15, 0.2) is 0 Å². The summed E-state index contributed by atoms with van der Waals surface area (Å²) < 4.78 is 10.6. The number of aromatic nitrogens is 2. The van der Waals surface area contributed by atoms with Gasteiger partial charge in [-0.25, -0.2) is 0 Å². The molecule has 7 heteroatoms. The number of benzene rings is 2. The van der Waals surface area contributed by atoms with E-state index >= 15 is 0 Å². The van der Waals surface area contributed by atoms with Crippen LogP contribution in [0.3, 0.4) is 0 Å². The maximum atomic E-state index is 13.2. The van der Waals surface area contributed by atoms with Crippen molar-refractivity contribution in [3.8, 4) is 22.8 Å². The summed E-state index contributed by atoms with van der Waals surface area (Å²) in [6, 6.07) is 14.4. The second-order valence-corrected chi connectivity index (χ2v) is 6.90. The molecule has 0 fully saturated rings. The van der Waals surface area contributed by atoms with E-state index in [1.165, 1.54) is 0 Å². The van der Waals surface area contributed by atoms with Crippen LogP contribution in [0.25, 0.3) is 11.3 Å². The zero-order chi connectivity index (χ0) is 20.4. The third-order valence-corrected chi connectivity index (χ3v) is 5.18. The molecule has 4 rings (SSSR count). The molecule has 0 saturated carbocycles. The van der Waals surface area contributed by atoms with Crippen LogP contribution in [0.4, 0.5) is 0 Å². The standard InChI is InChI=1S/C22H23N3O4/c1-28-12-6-11-25-21(14-7-5-8-15(13-14)29-2)18-19(23-24-20(18)22(25)27)16-9-3-4-10-17(16)26/h3-5,7-10,13,21,26H,6,11-12H2,1-2H3,(H,23,24)/t21-/m1/s1. The average molecular weight is 393 g/mol. The lowest BCUT2D eigenvalue weighted by molar-refractivity contribution is 0.0723. The maximum Gasteiger partial charge on any atom is 0.273 e. The number of nitrogens with one attached hydrogen (secondary N) is 1. The molecule has 0 aliphatic carbocycles. The number of methoxy groups -OCH3 is 2. The molecule has 2 aromatic carbocycles. The van der Waals surface area contributed by atoms with Gasteiger partial charge in [0.05, 0.1) is 13.2 Å². The van der Waals surface area contributed by atoms with E-state index in [1.54, 1.807) is 32.4 Å². The van der Waals surface area contributed by atoms with Crippen LogP contribution in [0.5, 0.6) is 11.5 Å². The Morgan fingerprint density at radius 3 is 2.76 bits per heavy atom. The fourth-order valence-electron chi connectivity index (χ4n) is 3.84. The third-order valence-electron chi connectivity index (χ3n) is 5.18. The van der Waals surface area contributed by atoms with Gasteiger partial charge in [0.2, 0.25) is 0 Å². The van der Waals surface area contributed by atoms with Crippen LogP contribution in [0.15, 0.2) is 48.5 Å². The van der Waals surface area contributed by atoms with Crippen molar-refractivity contribution in [2.24, 2.45) is 0 Å². The predicted molar refractivity (Wildman–Crippen MR) is 108 cm³/mol. The molecule has 29 heavy (non-hydrogen) atoms. The Morgan fingerprint density at radius 2 is 2.00 bits per heavy atom. The van der Waals surface area contributed by atoms with E-state index in [4.69, 9.17) is 9.47 Å². The van der Waals surface area contributed by atoms with Crippen molar-refractivity contribution in [3.05, 3.63) is 65.4 Å². The first-order valence-electron chi connectivity index (χ1n) is 9.46. The molecule has 1 aliphatic rings. The van der Waals surface area contributed by atoms with Gasteiger partial charge in [-0.3, -0.25) is 9.89 Å². The van der Waals surface area contributed by atoms with Gasteiger partial charge >= 0.3 is 0 Å². The highest BCUT2D eigenvalue weighted by Gasteiger charge is 2.42. The highest BCUT2D eigenvalue weighted by molar-refractivity contribution is 6.00. The quantitative estimate of drug-likeness (QED) is 0.601. The lowest BCUT2D eigenvalue weighted by atomic mass is 9.95. The number of hydrogen-bond acceptors (Lipinski definition) is 5. The highest BCUT2D eigenvalue weighted by Crippen LogP contribution is 2.44. The van der Waals surface area contributed by atoms with Gasteiger partial charge in [0.25, 0.3) is 5.91 Å². The number of aromatic amines is 1. The minimum Gasteiger partial charge on any atom is -0.507 e. The van der Waals surface area contributed by atoms with Crippen molar-refractivity contribution in [2.45, 2.75) is 12.5 Å². The van der Waals surface area contributed by atoms with Gasteiger partial charge in [-0.1, -0.05) is 24.3 Å². The van der Waals surface area contributed by atoms with Crippen LogP contribution in [0.2, 0.25) is 0 Å². The van der Waals surface area contributed by atoms with E-state index in [9.17, 15) is 9.90 Å². The number of ether oxygens (including phenoxy) is 2. The van der Waals surface area contributed by atoms with E-state index in [1.807, 2.05) is 35.2 Å². The largest absolute Gasteiger partial charge is 0.507 e. The van der Waals surface area contributed by atoms with Crippen LogP contribution in [0, 0.1) is 0 Å². The summed E-state index contributed by atoms with van der Waals surface area (Å²) in [5, 5.41) is 17.6. The molecule has 1 aromatic heterocycles. The Kier molecular flexibility index (Phi) is 5.22.